The number of hydrogen-bond donors (Lipinski definition) is 0. The standard InChI is InChI=1S/C10H5BrF8/c11-10(18,19)9(16,17)8(14,15)7(12,13)6-4-2-1-3-5-6/h1-5H. The second-order valence-corrected chi connectivity index (χ2v) is 4.58. The molecule has 1 aromatic rings. The highest BCUT2D eigenvalue weighted by atomic mass is 79.9. The molecular weight excluding hydrogens is 352 g/mol. The van der Waals surface area contributed by atoms with Gasteiger partial charge in [0.15, 0.2) is 0 Å². The Morgan fingerprint density at radius 2 is 1.11 bits per heavy atom. The first kappa shape index (κ1) is 16.2. The lowest BCUT2D eigenvalue weighted by Crippen LogP contribution is -2.59. The Morgan fingerprint density at radius 1 is 0.684 bits per heavy atom. The van der Waals surface area contributed by atoms with Gasteiger partial charge in [-0.25, -0.2) is 0 Å². The molecule has 0 N–H and O–H groups in total. The molecule has 0 atom stereocenters. The normalized spacial score (nSPS) is 14.6. The zero-order valence-electron chi connectivity index (χ0n) is 8.79. The maximum atomic E-state index is 13.4. The van der Waals surface area contributed by atoms with Gasteiger partial charge >= 0.3 is 22.6 Å². The van der Waals surface area contributed by atoms with Crippen molar-refractivity contribution in [1.29, 1.82) is 0 Å². The van der Waals surface area contributed by atoms with Crippen LogP contribution in [0.2, 0.25) is 0 Å². The molecule has 108 valence electrons. The van der Waals surface area contributed by atoms with E-state index in [1.165, 1.54) is 6.07 Å². The predicted molar refractivity (Wildman–Crippen MR) is 54.1 cm³/mol. The molecule has 0 saturated heterocycles. The Labute approximate surface area is 110 Å². The lowest BCUT2D eigenvalue weighted by Gasteiger charge is -2.34. The van der Waals surface area contributed by atoms with Crippen LogP contribution < -0.4 is 0 Å². The van der Waals surface area contributed by atoms with E-state index in [1.807, 2.05) is 0 Å². The highest BCUT2D eigenvalue weighted by Crippen LogP contribution is 2.57. The van der Waals surface area contributed by atoms with Crippen molar-refractivity contribution in [2.75, 3.05) is 0 Å². The van der Waals surface area contributed by atoms with Gasteiger partial charge in [-0.3, -0.25) is 0 Å². The second-order valence-electron chi connectivity index (χ2n) is 3.59. The maximum absolute atomic E-state index is 13.4. The van der Waals surface area contributed by atoms with Crippen molar-refractivity contribution in [1.82, 2.24) is 0 Å². The molecule has 0 aromatic heterocycles. The summed E-state index contributed by atoms with van der Waals surface area (Å²) in [5.74, 6) is -18.0. The van der Waals surface area contributed by atoms with Crippen molar-refractivity contribution in [2.45, 2.75) is 22.6 Å². The van der Waals surface area contributed by atoms with Crippen LogP contribution in [0.5, 0.6) is 0 Å². The van der Waals surface area contributed by atoms with E-state index >= 15 is 0 Å². The summed E-state index contributed by atoms with van der Waals surface area (Å²) in [5.41, 5.74) is -1.49. The van der Waals surface area contributed by atoms with Crippen LogP contribution in [0.1, 0.15) is 5.56 Å². The van der Waals surface area contributed by atoms with Gasteiger partial charge in [-0.05, 0) is 15.9 Å². The van der Waals surface area contributed by atoms with Crippen LogP contribution in [0.15, 0.2) is 30.3 Å². The molecular formula is C10H5BrF8. The molecule has 19 heavy (non-hydrogen) atoms. The van der Waals surface area contributed by atoms with E-state index in [4.69, 9.17) is 0 Å². The quantitative estimate of drug-likeness (QED) is 0.524. The zero-order valence-corrected chi connectivity index (χ0v) is 10.4. The summed E-state index contributed by atoms with van der Waals surface area (Å²) < 4.78 is 104. The molecule has 0 radical (unpaired) electrons. The molecule has 9 heteroatoms. The van der Waals surface area contributed by atoms with E-state index in [9.17, 15) is 35.1 Å². The topological polar surface area (TPSA) is 0 Å². The van der Waals surface area contributed by atoms with E-state index in [0.717, 1.165) is 28.1 Å². The Hall–Kier alpha value is -0.860. The molecule has 0 amide bonds. The van der Waals surface area contributed by atoms with Gasteiger partial charge < -0.3 is 0 Å². The number of hydrogen-bond acceptors (Lipinski definition) is 0. The molecule has 0 aliphatic heterocycles. The number of alkyl halides is 9. The van der Waals surface area contributed by atoms with E-state index in [2.05, 4.69) is 0 Å². The van der Waals surface area contributed by atoms with Crippen molar-refractivity contribution < 1.29 is 35.1 Å². The molecule has 0 heterocycles. The van der Waals surface area contributed by atoms with Crippen molar-refractivity contribution in [3.05, 3.63) is 35.9 Å². The van der Waals surface area contributed by atoms with Gasteiger partial charge in [-0.15, -0.1) is 0 Å². The smallest absolute Gasteiger partial charge is 0.194 e. The average molecular weight is 357 g/mol. The minimum absolute atomic E-state index is 0.441. The number of halogens is 9. The summed E-state index contributed by atoms with van der Waals surface area (Å²) in [4.78, 5) is -5.48. The van der Waals surface area contributed by atoms with Crippen molar-refractivity contribution in [2.24, 2.45) is 0 Å². The molecule has 0 nitrogen and oxygen atoms in total. The molecule has 0 spiro atoms. The van der Waals surface area contributed by atoms with Crippen LogP contribution in [0.25, 0.3) is 0 Å². The molecule has 0 aliphatic carbocycles. The van der Waals surface area contributed by atoms with E-state index in [0.29, 0.717) is 12.1 Å². The Morgan fingerprint density at radius 3 is 1.47 bits per heavy atom. The molecule has 0 unspecified atom stereocenters. The van der Waals surface area contributed by atoms with Crippen LogP contribution in [0.4, 0.5) is 35.1 Å². The number of rotatable bonds is 4. The van der Waals surface area contributed by atoms with Crippen LogP contribution in [-0.2, 0) is 5.92 Å². The third-order valence-electron chi connectivity index (χ3n) is 2.28. The third-order valence-corrected chi connectivity index (χ3v) is 2.78. The minimum Gasteiger partial charge on any atom is -0.194 e. The molecule has 0 fully saturated rings. The van der Waals surface area contributed by atoms with Gasteiger partial charge in [0.25, 0.3) is 0 Å². The van der Waals surface area contributed by atoms with Gasteiger partial charge in [0.1, 0.15) is 0 Å². The summed E-state index contributed by atoms with van der Waals surface area (Å²) in [7, 11) is 0. The molecule has 0 bridgehead atoms. The zero-order chi connectivity index (χ0) is 15.1. The summed E-state index contributed by atoms with van der Waals surface area (Å²) >= 11 is 1.00. The fourth-order valence-corrected chi connectivity index (χ4v) is 1.45. The van der Waals surface area contributed by atoms with Gasteiger partial charge in [0.2, 0.25) is 0 Å². The largest absolute Gasteiger partial charge is 0.388 e. The first-order chi connectivity index (χ1) is 8.36. The molecule has 1 rings (SSSR count). The SMILES string of the molecule is FC(F)(Br)C(F)(F)C(F)(F)C(F)(F)c1ccccc1. The minimum atomic E-state index is -6.28. The van der Waals surface area contributed by atoms with Gasteiger partial charge in [0.05, 0.1) is 0 Å². The monoisotopic (exact) mass is 356 g/mol. The summed E-state index contributed by atoms with van der Waals surface area (Å²) in [6.45, 7) is 0. The van der Waals surface area contributed by atoms with Gasteiger partial charge in [-0.2, -0.15) is 35.1 Å². The fraction of sp³-hybridized carbons (Fsp3) is 0.400. The average Bonchev–Trinajstić information content (AvgIpc) is 2.28. The Balaban J connectivity index is 3.34. The number of benzene rings is 1. The maximum Gasteiger partial charge on any atom is 0.388 e. The van der Waals surface area contributed by atoms with E-state index < -0.39 is 28.2 Å². The predicted octanol–water partition coefficient (Wildman–Crippen LogP) is 5.04. The summed E-state index contributed by atoms with van der Waals surface area (Å²) in [5, 5.41) is 0. The lowest BCUT2D eigenvalue weighted by molar-refractivity contribution is -0.349. The van der Waals surface area contributed by atoms with Crippen molar-refractivity contribution >= 4 is 15.9 Å². The van der Waals surface area contributed by atoms with Crippen LogP contribution in [0, 0.1) is 0 Å². The van der Waals surface area contributed by atoms with Gasteiger partial charge in [-0.1, -0.05) is 30.3 Å². The second kappa shape index (κ2) is 4.60. The van der Waals surface area contributed by atoms with Crippen molar-refractivity contribution in [3.8, 4) is 0 Å². The summed E-state index contributed by atoms with van der Waals surface area (Å²) in [6.07, 6.45) is 0. The van der Waals surface area contributed by atoms with Crippen LogP contribution in [-0.4, -0.2) is 16.7 Å². The molecule has 1 aromatic carbocycles. The van der Waals surface area contributed by atoms with Crippen molar-refractivity contribution in [3.63, 3.8) is 0 Å². The van der Waals surface area contributed by atoms with Crippen LogP contribution >= 0.6 is 15.9 Å². The highest BCUT2D eigenvalue weighted by molar-refractivity contribution is 9.10. The lowest BCUT2D eigenvalue weighted by atomic mass is 9.97. The third kappa shape index (κ3) is 2.44. The highest BCUT2D eigenvalue weighted by Gasteiger charge is 2.80. The molecule has 0 aliphatic rings. The summed E-state index contributed by atoms with van der Waals surface area (Å²) in [6, 6.07) is 3.84. The van der Waals surface area contributed by atoms with E-state index in [-0.39, 0.29) is 0 Å². The Kier molecular flexibility index (Phi) is 3.92. The van der Waals surface area contributed by atoms with Gasteiger partial charge in [0, 0.05) is 5.56 Å². The first-order valence-electron chi connectivity index (χ1n) is 4.61. The Bertz CT molecular complexity index is 437. The van der Waals surface area contributed by atoms with E-state index in [1.54, 1.807) is 0 Å². The van der Waals surface area contributed by atoms with Crippen LogP contribution in [0.3, 0.4) is 0 Å². The fourth-order valence-electron chi connectivity index (χ4n) is 1.20. The first-order valence-corrected chi connectivity index (χ1v) is 5.40. The molecule has 0 saturated carbocycles.